The zero-order chi connectivity index (χ0) is 12.5. The van der Waals surface area contributed by atoms with E-state index in [9.17, 15) is 0 Å². The summed E-state index contributed by atoms with van der Waals surface area (Å²) < 4.78 is 0. The molecule has 17 heavy (non-hydrogen) atoms. The highest BCUT2D eigenvalue weighted by atomic mass is 32.2. The molecule has 0 fully saturated rings. The molecule has 3 nitrogen and oxygen atoms in total. The van der Waals surface area contributed by atoms with Gasteiger partial charge in [-0.3, -0.25) is 4.99 Å². The highest BCUT2D eigenvalue weighted by molar-refractivity contribution is 7.98. The minimum atomic E-state index is 0.969. The Morgan fingerprint density at radius 3 is 3.00 bits per heavy atom. The number of thioether (sulfide) groups is 1. The van der Waals surface area contributed by atoms with Crippen LogP contribution in [0.2, 0.25) is 0 Å². The van der Waals surface area contributed by atoms with E-state index < -0.39 is 0 Å². The molecule has 0 aliphatic rings. The van der Waals surface area contributed by atoms with Crippen LogP contribution in [0, 0.1) is 0 Å². The third-order valence-corrected chi connectivity index (χ3v) is 3.98. The maximum absolute atomic E-state index is 4.29. The van der Waals surface area contributed by atoms with Crippen LogP contribution < -0.4 is 5.32 Å². The van der Waals surface area contributed by atoms with Gasteiger partial charge in [-0.15, -0.1) is 11.3 Å². The number of likely N-dealkylation sites (N-methyl/N-ethyl adjacent to an activating group) is 1. The summed E-state index contributed by atoms with van der Waals surface area (Å²) in [5.74, 6) is 2.09. The Morgan fingerprint density at radius 2 is 2.41 bits per heavy atom. The summed E-state index contributed by atoms with van der Waals surface area (Å²) in [6.07, 6.45) is 3.20. The van der Waals surface area contributed by atoms with Crippen molar-refractivity contribution >= 4 is 29.1 Å². The van der Waals surface area contributed by atoms with E-state index in [1.54, 1.807) is 0 Å². The molecule has 96 valence electrons. The number of nitrogens with one attached hydrogen (secondary N) is 1. The Hall–Kier alpha value is -0.680. The van der Waals surface area contributed by atoms with E-state index in [4.69, 9.17) is 0 Å². The number of aliphatic imine (C=N–C) groups is 1. The van der Waals surface area contributed by atoms with E-state index in [2.05, 4.69) is 46.0 Å². The Labute approximate surface area is 112 Å². The van der Waals surface area contributed by atoms with E-state index in [0.717, 1.165) is 31.2 Å². The second kappa shape index (κ2) is 8.42. The second-order valence-corrected chi connectivity index (χ2v) is 5.74. The summed E-state index contributed by atoms with van der Waals surface area (Å²) >= 11 is 3.66. The molecule has 1 N–H and O–H groups in total. The van der Waals surface area contributed by atoms with Crippen molar-refractivity contribution in [2.75, 3.05) is 39.2 Å². The summed E-state index contributed by atoms with van der Waals surface area (Å²) in [6.45, 7) is 1.97. The number of thiophene rings is 1. The smallest absolute Gasteiger partial charge is 0.193 e. The Kier molecular flexibility index (Phi) is 7.12. The lowest BCUT2D eigenvalue weighted by molar-refractivity contribution is 0.489. The fourth-order valence-corrected chi connectivity index (χ4v) is 2.49. The van der Waals surface area contributed by atoms with E-state index in [1.807, 2.05) is 30.1 Å². The lowest BCUT2D eigenvalue weighted by Crippen LogP contribution is -2.40. The van der Waals surface area contributed by atoms with Crippen molar-refractivity contribution in [2.45, 2.75) is 6.42 Å². The minimum Gasteiger partial charge on any atom is -0.355 e. The number of nitrogens with zero attached hydrogens (tertiary/aromatic N) is 2. The molecule has 0 aliphatic heterocycles. The Balaban J connectivity index is 2.31. The topological polar surface area (TPSA) is 27.6 Å². The monoisotopic (exact) mass is 271 g/mol. The van der Waals surface area contributed by atoms with Crippen molar-refractivity contribution in [1.82, 2.24) is 10.2 Å². The van der Waals surface area contributed by atoms with Crippen molar-refractivity contribution in [3.63, 3.8) is 0 Å². The van der Waals surface area contributed by atoms with Gasteiger partial charge < -0.3 is 10.2 Å². The van der Waals surface area contributed by atoms with Gasteiger partial charge in [0, 0.05) is 37.8 Å². The number of hydrogen-bond acceptors (Lipinski definition) is 3. The first kappa shape index (κ1) is 14.4. The molecule has 1 aromatic rings. The fourth-order valence-electron chi connectivity index (χ4n) is 1.49. The molecule has 0 spiro atoms. The number of guanidine groups is 1. The first-order valence-corrected chi connectivity index (χ1v) is 7.98. The van der Waals surface area contributed by atoms with Crippen LogP contribution in [0.5, 0.6) is 0 Å². The molecule has 0 bridgehead atoms. The van der Waals surface area contributed by atoms with Crippen molar-refractivity contribution in [3.8, 4) is 0 Å². The molecule has 0 saturated heterocycles. The standard InChI is InChI=1S/C12H21N3S2/c1-13-12(14-7-10-16-3)15(2)8-6-11-5-4-9-17-11/h4-5,9H,6-8,10H2,1-3H3,(H,13,14). The van der Waals surface area contributed by atoms with Gasteiger partial charge in [0.1, 0.15) is 0 Å². The van der Waals surface area contributed by atoms with Gasteiger partial charge in [-0.2, -0.15) is 11.8 Å². The van der Waals surface area contributed by atoms with Crippen LogP contribution in [0.1, 0.15) is 4.88 Å². The van der Waals surface area contributed by atoms with Crippen LogP contribution in [-0.4, -0.2) is 50.1 Å². The zero-order valence-electron chi connectivity index (χ0n) is 10.8. The molecule has 0 atom stereocenters. The number of hydrogen-bond donors (Lipinski definition) is 1. The zero-order valence-corrected chi connectivity index (χ0v) is 12.4. The van der Waals surface area contributed by atoms with Gasteiger partial charge >= 0.3 is 0 Å². The molecule has 5 heteroatoms. The molecule has 0 unspecified atom stereocenters. The van der Waals surface area contributed by atoms with E-state index in [1.165, 1.54) is 4.88 Å². The van der Waals surface area contributed by atoms with Crippen molar-refractivity contribution < 1.29 is 0 Å². The first-order valence-electron chi connectivity index (χ1n) is 5.71. The predicted octanol–water partition coefficient (Wildman–Crippen LogP) is 2.16. The minimum absolute atomic E-state index is 0.969. The quantitative estimate of drug-likeness (QED) is 0.488. The van der Waals surface area contributed by atoms with Crippen LogP contribution >= 0.6 is 23.1 Å². The van der Waals surface area contributed by atoms with Gasteiger partial charge in [-0.1, -0.05) is 6.07 Å². The molecule has 0 aromatic carbocycles. The molecule has 0 saturated carbocycles. The molecule has 0 radical (unpaired) electrons. The third kappa shape index (κ3) is 5.46. The van der Waals surface area contributed by atoms with Gasteiger partial charge in [0.2, 0.25) is 0 Å². The molecule has 1 rings (SSSR count). The van der Waals surface area contributed by atoms with Gasteiger partial charge in [-0.05, 0) is 24.1 Å². The Bertz CT molecular complexity index is 323. The lowest BCUT2D eigenvalue weighted by atomic mass is 10.3. The van der Waals surface area contributed by atoms with Crippen molar-refractivity contribution in [1.29, 1.82) is 0 Å². The molecule has 1 aromatic heterocycles. The maximum Gasteiger partial charge on any atom is 0.193 e. The number of rotatable bonds is 6. The molecular weight excluding hydrogens is 250 g/mol. The summed E-state index contributed by atoms with van der Waals surface area (Å²) in [7, 11) is 3.92. The molecule has 1 heterocycles. The lowest BCUT2D eigenvalue weighted by Gasteiger charge is -2.21. The SMILES string of the molecule is CN=C(NCCSC)N(C)CCc1cccs1. The third-order valence-electron chi connectivity index (χ3n) is 2.44. The molecular formula is C12H21N3S2. The van der Waals surface area contributed by atoms with Crippen LogP contribution in [0.3, 0.4) is 0 Å². The molecule has 0 amide bonds. The van der Waals surface area contributed by atoms with Gasteiger partial charge in [-0.25, -0.2) is 0 Å². The highest BCUT2D eigenvalue weighted by Gasteiger charge is 2.05. The summed E-state index contributed by atoms with van der Waals surface area (Å²) in [6, 6.07) is 4.29. The largest absolute Gasteiger partial charge is 0.355 e. The normalized spacial score (nSPS) is 11.6. The average molecular weight is 271 g/mol. The Morgan fingerprint density at radius 1 is 1.59 bits per heavy atom. The summed E-state index contributed by atoms with van der Waals surface area (Å²) in [4.78, 5) is 7.89. The van der Waals surface area contributed by atoms with Crippen LogP contribution in [-0.2, 0) is 6.42 Å². The average Bonchev–Trinajstić information content (AvgIpc) is 2.85. The van der Waals surface area contributed by atoms with E-state index in [0.29, 0.717) is 0 Å². The maximum atomic E-state index is 4.29. The van der Waals surface area contributed by atoms with Crippen LogP contribution in [0.25, 0.3) is 0 Å². The van der Waals surface area contributed by atoms with Crippen molar-refractivity contribution in [2.24, 2.45) is 4.99 Å². The molecule has 0 aliphatic carbocycles. The van der Waals surface area contributed by atoms with E-state index in [-0.39, 0.29) is 0 Å². The van der Waals surface area contributed by atoms with Crippen LogP contribution in [0.4, 0.5) is 0 Å². The summed E-state index contributed by atoms with van der Waals surface area (Å²) in [5.41, 5.74) is 0. The highest BCUT2D eigenvalue weighted by Crippen LogP contribution is 2.09. The van der Waals surface area contributed by atoms with Gasteiger partial charge in [0.05, 0.1) is 0 Å². The predicted molar refractivity (Wildman–Crippen MR) is 80.4 cm³/mol. The van der Waals surface area contributed by atoms with Gasteiger partial charge in [0.25, 0.3) is 0 Å². The second-order valence-electron chi connectivity index (χ2n) is 3.72. The fraction of sp³-hybridized carbons (Fsp3) is 0.583. The van der Waals surface area contributed by atoms with E-state index >= 15 is 0 Å². The van der Waals surface area contributed by atoms with Crippen molar-refractivity contribution in [3.05, 3.63) is 22.4 Å². The summed E-state index contributed by atoms with van der Waals surface area (Å²) in [5, 5.41) is 5.48. The first-order chi connectivity index (χ1) is 8.27. The van der Waals surface area contributed by atoms with Gasteiger partial charge in [0.15, 0.2) is 5.96 Å². The van der Waals surface area contributed by atoms with Crippen LogP contribution in [0.15, 0.2) is 22.5 Å².